The SMILES string of the molecule is CCOC(=O)N1CCN(C(=O)C(C)n2cc(NC(=O)C(C)Cn3cc([N+](=O)[O-])cn3)c(C)n2)CC1. The maximum Gasteiger partial charge on any atom is 0.409 e. The number of carbonyl (C=O) groups is 3. The van der Waals surface area contributed by atoms with Crippen LogP contribution in [0.2, 0.25) is 0 Å². The van der Waals surface area contributed by atoms with E-state index in [0.717, 1.165) is 6.20 Å². The number of nitrogens with zero attached hydrogens (tertiary/aromatic N) is 7. The topological polar surface area (TPSA) is 158 Å². The lowest BCUT2D eigenvalue weighted by Gasteiger charge is -2.35. The number of nitro groups is 1. The van der Waals surface area contributed by atoms with Crippen LogP contribution < -0.4 is 5.32 Å². The summed E-state index contributed by atoms with van der Waals surface area (Å²) < 4.78 is 7.86. The van der Waals surface area contributed by atoms with Crippen molar-refractivity contribution in [3.8, 4) is 0 Å². The number of hydrogen-bond acceptors (Lipinski definition) is 8. The molecule has 3 heterocycles. The van der Waals surface area contributed by atoms with Gasteiger partial charge in [-0.1, -0.05) is 6.92 Å². The highest BCUT2D eigenvalue weighted by atomic mass is 16.6. The lowest BCUT2D eigenvalue weighted by molar-refractivity contribution is -0.385. The second-order valence-electron chi connectivity index (χ2n) is 8.36. The van der Waals surface area contributed by atoms with Crippen LogP contribution in [-0.4, -0.2) is 85.0 Å². The molecule has 1 saturated heterocycles. The van der Waals surface area contributed by atoms with Gasteiger partial charge >= 0.3 is 11.8 Å². The lowest BCUT2D eigenvalue weighted by atomic mass is 10.1. The Morgan fingerprint density at radius 3 is 2.43 bits per heavy atom. The van der Waals surface area contributed by atoms with Gasteiger partial charge in [-0.05, 0) is 20.8 Å². The van der Waals surface area contributed by atoms with Gasteiger partial charge in [0.25, 0.3) is 0 Å². The van der Waals surface area contributed by atoms with E-state index in [9.17, 15) is 24.5 Å². The third kappa shape index (κ3) is 6.13. The highest BCUT2D eigenvalue weighted by Gasteiger charge is 2.29. The quantitative estimate of drug-likeness (QED) is 0.430. The molecule has 3 rings (SSSR count). The van der Waals surface area contributed by atoms with E-state index in [-0.39, 0.29) is 30.1 Å². The van der Waals surface area contributed by atoms with Crippen LogP contribution in [0.25, 0.3) is 0 Å². The van der Waals surface area contributed by atoms with Crippen LogP contribution >= 0.6 is 0 Å². The van der Waals surface area contributed by atoms with Crippen LogP contribution in [0.4, 0.5) is 16.2 Å². The Hall–Kier alpha value is -3.97. The highest BCUT2D eigenvalue weighted by molar-refractivity contribution is 5.92. The zero-order valence-electron chi connectivity index (χ0n) is 20.2. The van der Waals surface area contributed by atoms with Gasteiger partial charge in [-0.2, -0.15) is 10.2 Å². The zero-order chi connectivity index (χ0) is 25.7. The van der Waals surface area contributed by atoms with Gasteiger partial charge in [-0.15, -0.1) is 0 Å². The minimum atomic E-state index is -0.601. The fourth-order valence-corrected chi connectivity index (χ4v) is 3.67. The summed E-state index contributed by atoms with van der Waals surface area (Å²) in [5.74, 6) is -0.964. The molecule has 35 heavy (non-hydrogen) atoms. The van der Waals surface area contributed by atoms with E-state index in [0.29, 0.717) is 44.2 Å². The molecule has 14 nitrogen and oxygen atoms in total. The van der Waals surface area contributed by atoms with Crippen molar-refractivity contribution in [3.05, 3.63) is 34.4 Å². The first kappa shape index (κ1) is 25.6. The third-order valence-corrected chi connectivity index (χ3v) is 5.78. The molecule has 1 N–H and O–H groups in total. The van der Waals surface area contributed by atoms with Crippen LogP contribution in [0.15, 0.2) is 18.6 Å². The molecule has 0 aliphatic carbocycles. The average Bonchev–Trinajstić information content (AvgIpc) is 3.45. The maximum atomic E-state index is 13.0. The van der Waals surface area contributed by atoms with Crippen molar-refractivity contribution < 1.29 is 24.0 Å². The number of piperazine rings is 1. The molecule has 0 radical (unpaired) electrons. The Morgan fingerprint density at radius 1 is 1.17 bits per heavy atom. The van der Waals surface area contributed by atoms with Crippen molar-refractivity contribution in [2.45, 2.75) is 40.3 Å². The Labute approximate surface area is 201 Å². The summed E-state index contributed by atoms with van der Waals surface area (Å²) in [6.45, 7) is 8.94. The molecule has 190 valence electrons. The van der Waals surface area contributed by atoms with Crippen molar-refractivity contribution in [3.63, 3.8) is 0 Å². The van der Waals surface area contributed by atoms with Gasteiger partial charge in [0.2, 0.25) is 11.8 Å². The monoisotopic (exact) mass is 490 g/mol. The van der Waals surface area contributed by atoms with Crippen molar-refractivity contribution >= 4 is 29.3 Å². The smallest absolute Gasteiger partial charge is 0.409 e. The number of anilines is 1. The van der Waals surface area contributed by atoms with Gasteiger partial charge in [0.05, 0.1) is 35.4 Å². The number of carbonyl (C=O) groups excluding carboxylic acids is 3. The van der Waals surface area contributed by atoms with Gasteiger partial charge in [-0.3, -0.25) is 29.1 Å². The van der Waals surface area contributed by atoms with E-state index in [1.54, 1.807) is 43.7 Å². The Morgan fingerprint density at radius 2 is 1.83 bits per heavy atom. The molecule has 1 aliphatic heterocycles. The number of aryl methyl sites for hydroxylation is 1. The first-order valence-corrected chi connectivity index (χ1v) is 11.3. The third-order valence-electron chi connectivity index (χ3n) is 5.78. The summed E-state index contributed by atoms with van der Waals surface area (Å²) in [5.41, 5.74) is 0.878. The molecule has 2 aromatic heterocycles. The molecule has 1 fully saturated rings. The van der Waals surface area contributed by atoms with Crippen LogP contribution in [-0.2, 0) is 20.9 Å². The van der Waals surface area contributed by atoms with Crippen LogP contribution in [0.1, 0.15) is 32.5 Å². The zero-order valence-corrected chi connectivity index (χ0v) is 20.2. The fraction of sp³-hybridized carbons (Fsp3) is 0.571. The van der Waals surface area contributed by atoms with Gasteiger partial charge in [0, 0.05) is 32.4 Å². The largest absolute Gasteiger partial charge is 0.450 e. The van der Waals surface area contributed by atoms with Crippen molar-refractivity contribution in [2.24, 2.45) is 5.92 Å². The summed E-state index contributed by atoms with van der Waals surface area (Å²) in [5, 5.41) is 21.9. The van der Waals surface area contributed by atoms with E-state index >= 15 is 0 Å². The molecule has 3 amide bonds. The van der Waals surface area contributed by atoms with E-state index in [1.807, 2.05) is 0 Å². The van der Waals surface area contributed by atoms with Crippen molar-refractivity contribution in [1.29, 1.82) is 0 Å². The molecule has 2 unspecified atom stereocenters. The van der Waals surface area contributed by atoms with Crippen molar-refractivity contribution in [2.75, 3.05) is 38.1 Å². The predicted molar refractivity (Wildman–Crippen MR) is 124 cm³/mol. The van der Waals surface area contributed by atoms with Gasteiger partial charge < -0.3 is 19.9 Å². The molecule has 0 bridgehead atoms. The van der Waals surface area contributed by atoms with Crippen molar-refractivity contribution in [1.82, 2.24) is 29.4 Å². The molecule has 0 aromatic carbocycles. The van der Waals surface area contributed by atoms with Gasteiger partial charge in [0.15, 0.2) is 0 Å². The molecular formula is C21H30N8O6. The predicted octanol–water partition coefficient (Wildman–Crippen LogP) is 1.43. The summed E-state index contributed by atoms with van der Waals surface area (Å²) in [7, 11) is 0. The number of nitrogens with one attached hydrogen (secondary N) is 1. The first-order valence-electron chi connectivity index (χ1n) is 11.3. The molecule has 0 spiro atoms. The summed E-state index contributed by atoms with van der Waals surface area (Å²) in [6.07, 6.45) is 3.63. The number of amides is 3. The minimum Gasteiger partial charge on any atom is -0.450 e. The summed E-state index contributed by atoms with van der Waals surface area (Å²) in [4.78, 5) is 51.0. The normalized spacial score (nSPS) is 15.4. The molecule has 2 atom stereocenters. The first-order chi connectivity index (χ1) is 16.6. The maximum absolute atomic E-state index is 13.0. The number of rotatable bonds is 8. The summed E-state index contributed by atoms with van der Waals surface area (Å²) in [6, 6.07) is -0.601. The van der Waals surface area contributed by atoms with E-state index in [2.05, 4.69) is 15.5 Å². The number of ether oxygens (including phenoxy) is 1. The van der Waals surface area contributed by atoms with Gasteiger partial charge in [0.1, 0.15) is 18.4 Å². The highest BCUT2D eigenvalue weighted by Crippen LogP contribution is 2.20. The van der Waals surface area contributed by atoms with Gasteiger partial charge in [-0.25, -0.2) is 4.79 Å². The summed E-state index contributed by atoms with van der Waals surface area (Å²) >= 11 is 0. The van der Waals surface area contributed by atoms with E-state index in [4.69, 9.17) is 4.74 Å². The molecule has 0 saturated carbocycles. The number of aromatic nitrogens is 4. The molecule has 1 aliphatic rings. The second kappa shape index (κ2) is 11.0. The standard InChI is InChI=1S/C21H30N8O6/c1-5-35-21(32)26-8-6-25(7-9-26)20(31)16(4)28-13-18(15(3)24-28)23-19(30)14(2)11-27-12-17(10-22-27)29(33)34/h10,12-14,16H,5-9,11H2,1-4H3,(H,23,30). The van der Waals surface area contributed by atoms with Crippen LogP contribution in [0.5, 0.6) is 0 Å². The fourth-order valence-electron chi connectivity index (χ4n) is 3.67. The average molecular weight is 491 g/mol. The van der Waals surface area contributed by atoms with E-state index in [1.165, 1.54) is 15.6 Å². The van der Waals surface area contributed by atoms with Crippen LogP contribution in [0.3, 0.4) is 0 Å². The van der Waals surface area contributed by atoms with E-state index < -0.39 is 16.9 Å². The Kier molecular flexibility index (Phi) is 8.04. The number of hydrogen-bond donors (Lipinski definition) is 1. The second-order valence-corrected chi connectivity index (χ2v) is 8.36. The Bertz CT molecular complexity index is 1090. The molecule has 14 heteroatoms. The molecule has 2 aromatic rings. The molecular weight excluding hydrogens is 460 g/mol. The van der Waals surface area contributed by atoms with Crippen LogP contribution in [0, 0.1) is 23.0 Å². The minimum absolute atomic E-state index is 0.137. The Balaban J connectivity index is 1.57. The lowest BCUT2D eigenvalue weighted by Crippen LogP contribution is -2.52.